The Labute approximate surface area is 116 Å². The SMILES string of the molecule is CCNC(C)(C)c1nc(-c2ccc(F)cc2Cl)no1. The van der Waals surface area contributed by atoms with Crippen molar-refractivity contribution in [3.8, 4) is 11.4 Å². The molecule has 1 aromatic carbocycles. The van der Waals surface area contributed by atoms with Gasteiger partial charge in [0.2, 0.25) is 11.7 Å². The van der Waals surface area contributed by atoms with E-state index >= 15 is 0 Å². The van der Waals surface area contributed by atoms with Crippen LogP contribution in [-0.2, 0) is 5.54 Å². The molecule has 2 rings (SSSR count). The molecule has 0 radical (unpaired) electrons. The molecule has 0 bridgehead atoms. The summed E-state index contributed by atoms with van der Waals surface area (Å²) in [5, 5.41) is 7.39. The number of hydrogen-bond acceptors (Lipinski definition) is 4. The minimum absolute atomic E-state index is 0.258. The zero-order valence-corrected chi connectivity index (χ0v) is 11.8. The van der Waals surface area contributed by atoms with Gasteiger partial charge in [-0.3, -0.25) is 0 Å². The summed E-state index contributed by atoms with van der Waals surface area (Å²) >= 11 is 5.97. The first-order valence-corrected chi connectivity index (χ1v) is 6.36. The van der Waals surface area contributed by atoms with Crippen LogP contribution < -0.4 is 5.32 Å². The molecule has 0 aliphatic rings. The van der Waals surface area contributed by atoms with Crippen LogP contribution in [0.2, 0.25) is 5.02 Å². The average molecular weight is 284 g/mol. The summed E-state index contributed by atoms with van der Waals surface area (Å²) < 4.78 is 18.2. The first kappa shape index (κ1) is 14.0. The predicted molar refractivity (Wildman–Crippen MR) is 71.4 cm³/mol. The lowest BCUT2D eigenvalue weighted by molar-refractivity contribution is 0.272. The first-order valence-electron chi connectivity index (χ1n) is 5.98. The summed E-state index contributed by atoms with van der Waals surface area (Å²) in [5.74, 6) is 0.418. The molecule has 6 heteroatoms. The Balaban J connectivity index is 2.35. The summed E-state index contributed by atoms with van der Waals surface area (Å²) in [6, 6.07) is 4.07. The van der Waals surface area contributed by atoms with Crippen molar-refractivity contribution < 1.29 is 8.91 Å². The normalized spacial score (nSPS) is 11.8. The minimum Gasteiger partial charge on any atom is -0.337 e. The maximum atomic E-state index is 13.0. The van der Waals surface area contributed by atoms with Crippen molar-refractivity contribution in [1.29, 1.82) is 0 Å². The Kier molecular flexibility index (Phi) is 3.87. The van der Waals surface area contributed by atoms with Crippen LogP contribution in [0.4, 0.5) is 4.39 Å². The highest BCUT2D eigenvalue weighted by molar-refractivity contribution is 6.33. The van der Waals surface area contributed by atoms with Crippen LogP contribution in [0.25, 0.3) is 11.4 Å². The van der Waals surface area contributed by atoms with Crippen LogP contribution >= 0.6 is 11.6 Å². The standard InChI is InChI=1S/C13H15ClFN3O/c1-4-16-13(2,3)12-17-11(18-19-12)9-6-5-8(15)7-10(9)14/h5-7,16H,4H2,1-3H3. The lowest BCUT2D eigenvalue weighted by atomic mass is 10.1. The number of rotatable bonds is 4. The molecule has 0 fully saturated rings. The number of nitrogens with zero attached hydrogens (tertiary/aromatic N) is 2. The average Bonchev–Trinajstić information content (AvgIpc) is 2.78. The number of nitrogens with one attached hydrogen (secondary N) is 1. The van der Waals surface area contributed by atoms with Gasteiger partial charge in [-0.25, -0.2) is 4.39 Å². The third-order valence-corrected chi connectivity index (χ3v) is 3.06. The van der Waals surface area contributed by atoms with Gasteiger partial charge in [0.05, 0.1) is 10.6 Å². The summed E-state index contributed by atoms with van der Waals surface area (Å²) in [5.41, 5.74) is 0.123. The second-order valence-corrected chi connectivity index (χ2v) is 5.11. The number of aromatic nitrogens is 2. The van der Waals surface area contributed by atoms with Gasteiger partial charge < -0.3 is 9.84 Å². The molecule has 1 N–H and O–H groups in total. The van der Waals surface area contributed by atoms with Crippen molar-refractivity contribution in [2.75, 3.05) is 6.54 Å². The van der Waals surface area contributed by atoms with Crippen LogP contribution in [0.15, 0.2) is 22.7 Å². The Morgan fingerprint density at radius 2 is 2.16 bits per heavy atom. The Morgan fingerprint density at radius 3 is 2.79 bits per heavy atom. The second-order valence-electron chi connectivity index (χ2n) is 4.70. The molecule has 0 amide bonds. The Hall–Kier alpha value is -1.46. The number of hydrogen-bond donors (Lipinski definition) is 1. The van der Waals surface area contributed by atoms with E-state index in [1.807, 2.05) is 20.8 Å². The predicted octanol–water partition coefficient (Wildman–Crippen LogP) is 3.37. The van der Waals surface area contributed by atoms with Gasteiger partial charge >= 0.3 is 0 Å². The molecule has 4 nitrogen and oxygen atoms in total. The fourth-order valence-electron chi connectivity index (χ4n) is 1.78. The van der Waals surface area contributed by atoms with E-state index in [0.29, 0.717) is 17.3 Å². The topological polar surface area (TPSA) is 51.0 Å². The zero-order valence-electron chi connectivity index (χ0n) is 11.0. The third-order valence-electron chi connectivity index (χ3n) is 2.75. The maximum Gasteiger partial charge on any atom is 0.246 e. The van der Waals surface area contributed by atoms with E-state index in [9.17, 15) is 4.39 Å². The molecular formula is C13H15ClFN3O. The Morgan fingerprint density at radius 1 is 1.42 bits per heavy atom. The van der Waals surface area contributed by atoms with E-state index in [2.05, 4.69) is 15.5 Å². The Bertz CT molecular complexity index is 583. The zero-order chi connectivity index (χ0) is 14.0. The summed E-state index contributed by atoms with van der Waals surface area (Å²) in [4.78, 5) is 4.31. The number of halogens is 2. The van der Waals surface area contributed by atoms with E-state index in [-0.39, 0.29) is 5.02 Å². The van der Waals surface area contributed by atoms with Gasteiger partial charge in [0.1, 0.15) is 5.82 Å². The molecule has 2 aromatic rings. The highest BCUT2D eigenvalue weighted by atomic mass is 35.5. The summed E-state index contributed by atoms with van der Waals surface area (Å²) in [6.45, 7) is 6.66. The molecule has 0 aliphatic heterocycles. The van der Waals surface area contributed by atoms with Gasteiger partial charge in [-0.05, 0) is 38.6 Å². The van der Waals surface area contributed by atoms with Gasteiger partial charge in [-0.1, -0.05) is 23.7 Å². The van der Waals surface area contributed by atoms with E-state index in [1.165, 1.54) is 18.2 Å². The van der Waals surface area contributed by atoms with Crippen molar-refractivity contribution in [2.45, 2.75) is 26.3 Å². The van der Waals surface area contributed by atoms with Crippen LogP contribution in [0.5, 0.6) is 0 Å². The van der Waals surface area contributed by atoms with Crippen molar-refractivity contribution in [3.63, 3.8) is 0 Å². The van der Waals surface area contributed by atoms with E-state index in [4.69, 9.17) is 16.1 Å². The summed E-state index contributed by atoms with van der Waals surface area (Å²) in [7, 11) is 0. The van der Waals surface area contributed by atoms with E-state index in [0.717, 1.165) is 6.54 Å². The first-order chi connectivity index (χ1) is 8.94. The molecule has 0 unspecified atom stereocenters. The molecule has 0 saturated carbocycles. The largest absolute Gasteiger partial charge is 0.337 e. The third kappa shape index (κ3) is 2.93. The number of benzene rings is 1. The van der Waals surface area contributed by atoms with Gasteiger partial charge in [-0.2, -0.15) is 4.98 Å². The molecule has 0 atom stereocenters. The van der Waals surface area contributed by atoms with Crippen molar-refractivity contribution >= 4 is 11.6 Å². The fraction of sp³-hybridized carbons (Fsp3) is 0.385. The van der Waals surface area contributed by atoms with Crippen molar-refractivity contribution in [2.24, 2.45) is 0 Å². The second kappa shape index (κ2) is 5.27. The van der Waals surface area contributed by atoms with E-state index < -0.39 is 11.4 Å². The summed E-state index contributed by atoms with van der Waals surface area (Å²) in [6.07, 6.45) is 0. The van der Waals surface area contributed by atoms with Crippen molar-refractivity contribution in [3.05, 3.63) is 34.9 Å². The molecule has 19 heavy (non-hydrogen) atoms. The van der Waals surface area contributed by atoms with Gasteiger partial charge in [-0.15, -0.1) is 0 Å². The van der Waals surface area contributed by atoms with Crippen LogP contribution in [0.1, 0.15) is 26.7 Å². The molecule has 1 heterocycles. The molecule has 102 valence electrons. The minimum atomic E-state index is -0.424. The van der Waals surface area contributed by atoms with Crippen LogP contribution in [0.3, 0.4) is 0 Å². The smallest absolute Gasteiger partial charge is 0.246 e. The molecule has 1 aromatic heterocycles. The van der Waals surface area contributed by atoms with Gasteiger partial charge in [0, 0.05) is 5.56 Å². The monoisotopic (exact) mass is 283 g/mol. The fourth-order valence-corrected chi connectivity index (χ4v) is 2.03. The highest BCUT2D eigenvalue weighted by Gasteiger charge is 2.27. The quantitative estimate of drug-likeness (QED) is 0.935. The van der Waals surface area contributed by atoms with E-state index in [1.54, 1.807) is 0 Å². The van der Waals surface area contributed by atoms with Crippen LogP contribution in [-0.4, -0.2) is 16.7 Å². The lowest BCUT2D eigenvalue weighted by Gasteiger charge is -2.20. The van der Waals surface area contributed by atoms with Gasteiger partial charge in [0.15, 0.2) is 0 Å². The van der Waals surface area contributed by atoms with Gasteiger partial charge in [0.25, 0.3) is 0 Å². The van der Waals surface area contributed by atoms with Crippen LogP contribution in [0, 0.1) is 5.82 Å². The lowest BCUT2D eigenvalue weighted by Crippen LogP contribution is -2.36. The molecule has 0 aliphatic carbocycles. The van der Waals surface area contributed by atoms with Crippen molar-refractivity contribution in [1.82, 2.24) is 15.5 Å². The molecular weight excluding hydrogens is 269 g/mol. The molecule has 0 saturated heterocycles. The maximum absolute atomic E-state index is 13.0. The molecule has 0 spiro atoms. The highest BCUT2D eigenvalue weighted by Crippen LogP contribution is 2.28.